The van der Waals surface area contributed by atoms with Crippen molar-refractivity contribution < 1.29 is 9.90 Å². The molecule has 0 heterocycles. The summed E-state index contributed by atoms with van der Waals surface area (Å²) in [7, 11) is 3.91. The number of phenols is 1. The van der Waals surface area contributed by atoms with Crippen LogP contribution >= 0.6 is 0 Å². The van der Waals surface area contributed by atoms with Gasteiger partial charge in [-0.1, -0.05) is 12.1 Å². The predicted molar refractivity (Wildman–Crippen MR) is 80.0 cm³/mol. The molecule has 4 nitrogen and oxygen atoms in total. The van der Waals surface area contributed by atoms with E-state index in [1.54, 1.807) is 30.3 Å². The van der Waals surface area contributed by atoms with Gasteiger partial charge in [0.2, 0.25) is 0 Å². The summed E-state index contributed by atoms with van der Waals surface area (Å²) in [5.74, 6) is 0.0748. The van der Waals surface area contributed by atoms with Crippen molar-refractivity contribution in [2.75, 3.05) is 19.0 Å². The van der Waals surface area contributed by atoms with Crippen LogP contribution in [0.25, 0.3) is 0 Å². The maximum atomic E-state index is 12.0. The Balaban J connectivity index is 1.98. The first kappa shape index (κ1) is 13.9. The second kappa shape index (κ2) is 6.10. The molecule has 2 N–H and O–H groups in total. The van der Waals surface area contributed by atoms with Crippen molar-refractivity contribution in [2.24, 2.45) is 0 Å². The van der Waals surface area contributed by atoms with E-state index in [9.17, 15) is 9.90 Å². The maximum absolute atomic E-state index is 12.0. The second-order valence-corrected chi connectivity index (χ2v) is 4.79. The molecule has 1 amide bonds. The smallest absolute Gasteiger partial charge is 0.251 e. The molecule has 4 heteroatoms. The Bertz CT molecular complexity index is 592. The molecule has 0 unspecified atom stereocenters. The molecule has 0 aliphatic rings. The van der Waals surface area contributed by atoms with E-state index >= 15 is 0 Å². The third kappa shape index (κ3) is 3.51. The van der Waals surface area contributed by atoms with Crippen molar-refractivity contribution >= 4 is 11.6 Å². The van der Waals surface area contributed by atoms with Gasteiger partial charge in [0.15, 0.2) is 0 Å². The van der Waals surface area contributed by atoms with Gasteiger partial charge in [-0.3, -0.25) is 4.79 Å². The Morgan fingerprint density at radius 3 is 2.45 bits per heavy atom. The highest BCUT2D eigenvalue weighted by Gasteiger charge is 2.05. The minimum Gasteiger partial charge on any atom is -0.508 e. The molecule has 0 spiro atoms. The lowest BCUT2D eigenvalue weighted by Gasteiger charge is -2.12. The van der Waals surface area contributed by atoms with Gasteiger partial charge in [0.1, 0.15) is 5.75 Å². The maximum Gasteiger partial charge on any atom is 0.251 e. The van der Waals surface area contributed by atoms with E-state index < -0.39 is 0 Å². The molecule has 0 atom stereocenters. The van der Waals surface area contributed by atoms with E-state index in [1.807, 2.05) is 37.2 Å². The summed E-state index contributed by atoms with van der Waals surface area (Å²) in [4.78, 5) is 14.0. The van der Waals surface area contributed by atoms with Gasteiger partial charge in [-0.25, -0.2) is 0 Å². The summed E-state index contributed by atoms with van der Waals surface area (Å²) < 4.78 is 0. The zero-order chi connectivity index (χ0) is 14.5. The zero-order valence-electron chi connectivity index (χ0n) is 11.6. The third-order valence-corrected chi connectivity index (χ3v) is 3.01. The molecule has 0 aromatic heterocycles. The predicted octanol–water partition coefficient (Wildman–Crippen LogP) is 2.39. The molecule has 0 saturated carbocycles. The highest BCUT2D eigenvalue weighted by Crippen LogP contribution is 2.13. The van der Waals surface area contributed by atoms with Gasteiger partial charge in [0.05, 0.1) is 0 Å². The SMILES string of the molecule is CN(C)c1ccc(C(=O)NCc2cccc(O)c2)cc1. The van der Waals surface area contributed by atoms with Gasteiger partial charge in [-0.15, -0.1) is 0 Å². The molecular formula is C16H18N2O2. The average Bonchev–Trinajstić information content (AvgIpc) is 2.45. The fraction of sp³-hybridized carbons (Fsp3) is 0.188. The van der Waals surface area contributed by atoms with Crippen molar-refractivity contribution in [1.82, 2.24) is 5.32 Å². The standard InChI is InChI=1S/C16H18N2O2/c1-18(2)14-8-6-13(7-9-14)16(20)17-11-12-4-3-5-15(19)10-12/h3-10,19H,11H2,1-2H3,(H,17,20). The summed E-state index contributed by atoms with van der Waals surface area (Å²) in [5, 5.41) is 12.2. The van der Waals surface area contributed by atoms with Crippen LogP contribution in [-0.4, -0.2) is 25.1 Å². The molecule has 0 radical (unpaired) electrons. The summed E-state index contributed by atoms with van der Waals surface area (Å²) >= 11 is 0. The summed E-state index contributed by atoms with van der Waals surface area (Å²) in [6.07, 6.45) is 0. The minimum absolute atomic E-state index is 0.126. The van der Waals surface area contributed by atoms with Crippen molar-refractivity contribution in [3.8, 4) is 5.75 Å². The van der Waals surface area contributed by atoms with Crippen molar-refractivity contribution in [3.05, 3.63) is 59.7 Å². The first-order chi connectivity index (χ1) is 9.56. The van der Waals surface area contributed by atoms with Crippen LogP contribution in [0.3, 0.4) is 0 Å². The Kier molecular flexibility index (Phi) is 4.25. The van der Waals surface area contributed by atoms with E-state index in [2.05, 4.69) is 5.32 Å². The van der Waals surface area contributed by atoms with Crippen LogP contribution in [0.2, 0.25) is 0 Å². The van der Waals surface area contributed by atoms with E-state index in [1.165, 1.54) is 0 Å². The molecule has 0 saturated heterocycles. The summed E-state index contributed by atoms with van der Waals surface area (Å²) in [6, 6.07) is 14.3. The van der Waals surface area contributed by atoms with Crippen LogP contribution < -0.4 is 10.2 Å². The summed E-state index contributed by atoms with van der Waals surface area (Å²) in [5.41, 5.74) is 2.54. The number of carbonyl (C=O) groups excluding carboxylic acids is 1. The molecule has 0 bridgehead atoms. The molecule has 20 heavy (non-hydrogen) atoms. The van der Waals surface area contributed by atoms with E-state index in [0.717, 1.165) is 11.3 Å². The van der Waals surface area contributed by atoms with E-state index in [4.69, 9.17) is 0 Å². The topological polar surface area (TPSA) is 52.6 Å². The van der Waals surface area contributed by atoms with Gasteiger partial charge >= 0.3 is 0 Å². The molecule has 0 aliphatic carbocycles. The lowest BCUT2D eigenvalue weighted by molar-refractivity contribution is 0.0951. The third-order valence-electron chi connectivity index (χ3n) is 3.01. The highest BCUT2D eigenvalue weighted by atomic mass is 16.3. The van der Waals surface area contributed by atoms with E-state index in [-0.39, 0.29) is 11.7 Å². The van der Waals surface area contributed by atoms with Crippen LogP contribution in [-0.2, 0) is 6.54 Å². The lowest BCUT2D eigenvalue weighted by atomic mass is 10.1. The van der Waals surface area contributed by atoms with Crippen LogP contribution in [0.1, 0.15) is 15.9 Å². The lowest BCUT2D eigenvalue weighted by Crippen LogP contribution is -2.22. The molecule has 2 aromatic rings. The summed E-state index contributed by atoms with van der Waals surface area (Å²) in [6.45, 7) is 0.392. The normalized spacial score (nSPS) is 10.1. The molecule has 104 valence electrons. The monoisotopic (exact) mass is 270 g/mol. The number of amides is 1. The van der Waals surface area contributed by atoms with Gasteiger partial charge in [-0.2, -0.15) is 0 Å². The number of rotatable bonds is 4. The first-order valence-corrected chi connectivity index (χ1v) is 6.40. The minimum atomic E-state index is -0.126. The highest BCUT2D eigenvalue weighted by molar-refractivity contribution is 5.94. The largest absolute Gasteiger partial charge is 0.508 e. The number of benzene rings is 2. The van der Waals surface area contributed by atoms with Gasteiger partial charge in [0.25, 0.3) is 5.91 Å². The number of hydrogen-bond donors (Lipinski definition) is 2. The number of phenolic OH excluding ortho intramolecular Hbond substituents is 1. The van der Waals surface area contributed by atoms with Crippen LogP contribution in [0.4, 0.5) is 5.69 Å². The Morgan fingerprint density at radius 1 is 1.15 bits per heavy atom. The number of nitrogens with zero attached hydrogens (tertiary/aromatic N) is 1. The van der Waals surface area contributed by atoms with Crippen LogP contribution in [0, 0.1) is 0 Å². The average molecular weight is 270 g/mol. The zero-order valence-corrected chi connectivity index (χ0v) is 11.6. The molecule has 0 aliphatic heterocycles. The number of carbonyl (C=O) groups is 1. The quantitative estimate of drug-likeness (QED) is 0.897. The van der Waals surface area contributed by atoms with Gasteiger partial charge in [-0.05, 0) is 42.0 Å². The fourth-order valence-electron chi connectivity index (χ4n) is 1.86. The first-order valence-electron chi connectivity index (χ1n) is 6.40. The van der Waals surface area contributed by atoms with Crippen molar-refractivity contribution in [2.45, 2.75) is 6.54 Å². The Labute approximate surface area is 118 Å². The molecule has 2 rings (SSSR count). The number of aromatic hydroxyl groups is 1. The molecule has 0 fully saturated rings. The number of anilines is 1. The van der Waals surface area contributed by atoms with Crippen molar-refractivity contribution in [1.29, 1.82) is 0 Å². The molecular weight excluding hydrogens is 252 g/mol. The second-order valence-electron chi connectivity index (χ2n) is 4.79. The van der Waals surface area contributed by atoms with Crippen LogP contribution in [0.5, 0.6) is 5.75 Å². The Hall–Kier alpha value is -2.49. The molecule has 2 aromatic carbocycles. The fourth-order valence-corrected chi connectivity index (χ4v) is 1.86. The Morgan fingerprint density at radius 2 is 1.85 bits per heavy atom. The number of hydrogen-bond acceptors (Lipinski definition) is 3. The van der Waals surface area contributed by atoms with Gasteiger partial charge in [0, 0.05) is 31.9 Å². The van der Waals surface area contributed by atoms with Crippen LogP contribution in [0.15, 0.2) is 48.5 Å². The van der Waals surface area contributed by atoms with E-state index in [0.29, 0.717) is 12.1 Å². The van der Waals surface area contributed by atoms with Gasteiger partial charge < -0.3 is 15.3 Å². The number of nitrogens with one attached hydrogen (secondary N) is 1. The van der Waals surface area contributed by atoms with Crippen molar-refractivity contribution in [3.63, 3.8) is 0 Å².